The molecule has 3 aliphatic heterocycles. The molecule has 3 fully saturated rings. The molecule has 202 valence electrons. The van der Waals surface area contributed by atoms with Crippen molar-refractivity contribution in [3.8, 4) is 0 Å². The lowest BCUT2D eigenvalue weighted by atomic mass is 9.71. The van der Waals surface area contributed by atoms with Crippen LogP contribution >= 0.6 is 39.3 Å². The molecule has 1 aromatic carbocycles. The summed E-state index contributed by atoms with van der Waals surface area (Å²) < 4.78 is 4.60. The van der Waals surface area contributed by atoms with Gasteiger partial charge in [-0.2, -0.15) is 0 Å². The zero-order chi connectivity index (χ0) is 27.1. The molecule has 3 unspecified atom stereocenters. The number of rotatable bonds is 10. The summed E-state index contributed by atoms with van der Waals surface area (Å²) in [4.78, 5) is 45.1. The number of hydrogen-bond donors (Lipinski definition) is 1. The number of thioether (sulfide) groups is 1. The van der Waals surface area contributed by atoms with Crippen LogP contribution in [0.1, 0.15) is 33.6 Å². The highest BCUT2D eigenvalue weighted by molar-refractivity contribution is 9.09. The molecule has 1 aromatic rings. The van der Waals surface area contributed by atoms with Crippen LogP contribution in [0.15, 0.2) is 36.9 Å². The fourth-order valence-corrected chi connectivity index (χ4v) is 10.00. The largest absolute Gasteiger partial charge is 0.466 e. The van der Waals surface area contributed by atoms with E-state index in [0.717, 1.165) is 0 Å². The standard InChI is InChI=1S/C27H34BrClN2O5S/c1-5-11-30(17-9-7-16(29)8-10-17)25(34)23-27-13-19(28)22(37-27)20(26(35)36-6-2)21(27)24(33)31(23)18(14-32)12-15(3)4/h5,7-10,15,18-23,32H,1,6,11-14H2,2-4H3/t18-,19?,20+,21+,22+,23?,27?/m1/s1. The molecule has 0 aliphatic carbocycles. The number of fused-ring (bicyclic) bond motifs is 1. The molecule has 7 atom stereocenters. The molecule has 0 aromatic heterocycles. The van der Waals surface area contributed by atoms with Gasteiger partial charge in [-0.1, -0.05) is 47.5 Å². The lowest BCUT2D eigenvalue weighted by Gasteiger charge is -2.40. The first kappa shape index (κ1) is 28.5. The topological polar surface area (TPSA) is 87.2 Å². The van der Waals surface area contributed by atoms with E-state index in [0.29, 0.717) is 23.6 Å². The third-order valence-electron chi connectivity index (χ3n) is 7.58. The molecular formula is C27H34BrClN2O5S. The molecule has 3 aliphatic rings. The highest BCUT2D eigenvalue weighted by atomic mass is 79.9. The fourth-order valence-electron chi connectivity index (χ4n) is 6.29. The number of aliphatic hydroxyl groups excluding tert-OH is 1. The van der Waals surface area contributed by atoms with Gasteiger partial charge in [0.25, 0.3) is 5.91 Å². The summed E-state index contributed by atoms with van der Waals surface area (Å²) in [5.74, 6) is -2.06. The summed E-state index contributed by atoms with van der Waals surface area (Å²) >= 11 is 11.4. The van der Waals surface area contributed by atoms with Crippen LogP contribution in [0, 0.1) is 17.8 Å². The van der Waals surface area contributed by atoms with E-state index in [4.69, 9.17) is 16.3 Å². The second-order valence-electron chi connectivity index (χ2n) is 10.3. The monoisotopic (exact) mass is 612 g/mol. The maximum absolute atomic E-state index is 14.5. The van der Waals surface area contributed by atoms with Crippen molar-refractivity contribution in [1.82, 2.24) is 4.90 Å². The average molecular weight is 614 g/mol. The SMILES string of the molecule is C=CCN(C(=O)C1N([C@@H](CO)CC(C)C)C(=O)[C@@H]2[C@H](C(=O)OCC)[C@H]3SC12CC3Br)c1ccc(Cl)cc1. The number of halogens is 2. The van der Waals surface area contributed by atoms with Gasteiger partial charge in [-0.15, -0.1) is 18.3 Å². The van der Waals surface area contributed by atoms with E-state index in [-0.39, 0.29) is 47.6 Å². The average Bonchev–Trinajstić information content (AvgIpc) is 3.45. The van der Waals surface area contributed by atoms with Gasteiger partial charge in [0.05, 0.1) is 35.8 Å². The fraction of sp³-hybridized carbons (Fsp3) is 0.593. The molecule has 3 heterocycles. The molecule has 37 heavy (non-hydrogen) atoms. The second-order valence-corrected chi connectivity index (χ2v) is 13.5. The summed E-state index contributed by atoms with van der Waals surface area (Å²) in [6.07, 6.45) is 2.74. The van der Waals surface area contributed by atoms with Gasteiger partial charge in [-0.25, -0.2) is 0 Å². The molecule has 2 amide bonds. The number of ether oxygens (including phenoxy) is 1. The summed E-state index contributed by atoms with van der Waals surface area (Å²) in [6, 6.07) is 5.57. The van der Waals surface area contributed by atoms with Gasteiger partial charge in [-0.05, 0) is 49.9 Å². The smallest absolute Gasteiger partial charge is 0.310 e. The minimum atomic E-state index is -0.856. The van der Waals surface area contributed by atoms with Crippen molar-refractivity contribution >= 4 is 62.8 Å². The Morgan fingerprint density at radius 3 is 2.62 bits per heavy atom. The van der Waals surface area contributed by atoms with Gasteiger partial charge >= 0.3 is 5.97 Å². The summed E-state index contributed by atoms with van der Waals surface area (Å²) in [6.45, 7) is 9.82. The van der Waals surface area contributed by atoms with E-state index in [2.05, 4.69) is 22.5 Å². The van der Waals surface area contributed by atoms with E-state index < -0.39 is 34.6 Å². The van der Waals surface area contributed by atoms with E-state index in [9.17, 15) is 19.5 Å². The maximum Gasteiger partial charge on any atom is 0.310 e. The zero-order valence-electron chi connectivity index (χ0n) is 21.3. The number of amides is 2. The minimum absolute atomic E-state index is 0.0488. The van der Waals surface area contributed by atoms with Gasteiger partial charge in [0.15, 0.2) is 0 Å². The Balaban J connectivity index is 1.84. The summed E-state index contributed by atoms with van der Waals surface area (Å²) in [5, 5.41) is 10.8. The Bertz CT molecular complexity index is 1060. The summed E-state index contributed by atoms with van der Waals surface area (Å²) in [5.41, 5.74) is 0.640. The van der Waals surface area contributed by atoms with Gasteiger partial charge in [0, 0.05) is 27.3 Å². The van der Waals surface area contributed by atoms with Crippen molar-refractivity contribution < 1.29 is 24.2 Å². The first-order valence-corrected chi connectivity index (χ1v) is 14.9. The Hall–Kier alpha value is -1.55. The van der Waals surface area contributed by atoms with Crippen LogP contribution < -0.4 is 4.90 Å². The second kappa shape index (κ2) is 11.3. The van der Waals surface area contributed by atoms with Crippen molar-refractivity contribution in [3.63, 3.8) is 0 Å². The van der Waals surface area contributed by atoms with Crippen LogP contribution in [0.5, 0.6) is 0 Å². The lowest BCUT2D eigenvalue weighted by Crippen LogP contribution is -2.58. The predicted octanol–water partition coefficient (Wildman–Crippen LogP) is 4.29. The number of hydrogen-bond acceptors (Lipinski definition) is 6. The van der Waals surface area contributed by atoms with Gasteiger partial charge in [0.2, 0.25) is 5.91 Å². The number of esters is 1. The van der Waals surface area contributed by atoms with Crippen LogP contribution in [-0.2, 0) is 19.1 Å². The maximum atomic E-state index is 14.5. The Morgan fingerprint density at radius 2 is 2.05 bits per heavy atom. The first-order chi connectivity index (χ1) is 17.6. The van der Waals surface area contributed by atoms with Gasteiger partial charge < -0.3 is 19.6 Å². The van der Waals surface area contributed by atoms with E-state index >= 15 is 0 Å². The molecule has 10 heteroatoms. The normalized spacial score (nSPS) is 30.9. The third-order valence-corrected chi connectivity index (χ3v) is 11.1. The Kier molecular flexibility index (Phi) is 8.68. The molecule has 0 saturated carbocycles. The number of nitrogens with zero attached hydrogens (tertiary/aromatic N) is 2. The molecular weight excluding hydrogens is 580 g/mol. The third kappa shape index (κ3) is 4.85. The molecule has 1 N–H and O–H groups in total. The summed E-state index contributed by atoms with van der Waals surface area (Å²) in [7, 11) is 0. The molecule has 4 rings (SSSR count). The van der Waals surface area contributed by atoms with Crippen LogP contribution in [0.25, 0.3) is 0 Å². The lowest BCUT2D eigenvalue weighted by molar-refractivity contribution is -0.154. The molecule has 0 radical (unpaired) electrons. The van der Waals surface area contributed by atoms with Crippen LogP contribution in [0.3, 0.4) is 0 Å². The van der Waals surface area contributed by atoms with E-state index in [1.165, 1.54) is 0 Å². The minimum Gasteiger partial charge on any atom is -0.466 e. The number of carbonyl (C=O) groups is 3. The number of likely N-dealkylation sites (tertiary alicyclic amines) is 1. The Labute approximate surface area is 236 Å². The van der Waals surface area contributed by atoms with Crippen LogP contribution in [0.4, 0.5) is 5.69 Å². The Morgan fingerprint density at radius 1 is 1.38 bits per heavy atom. The first-order valence-electron chi connectivity index (χ1n) is 12.7. The van der Waals surface area contributed by atoms with E-state index in [1.54, 1.807) is 58.8 Å². The van der Waals surface area contributed by atoms with Gasteiger partial charge in [-0.3, -0.25) is 14.4 Å². The number of alkyl halides is 1. The van der Waals surface area contributed by atoms with E-state index in [1.807, 2.05) is 13.8 Å². The molecule has 2 bridgehead atoms. The number of benzene rings is 1. The van der Waals surface area contributed by atoms with Crippen LogP contribution in [0.2, 0.25) is 5.02 Å². The van der Waals surface area contributed by atoms with Crippen molar-refractivity contribution in [1.29, 1.82) is 0 Å². The number of anilines is 1. The number of aliphatic hydroxyl groups is 1. The highest BCUT2D eigenvalue weighted by Crippen LogP contribution is 2.68. The van der Waals surface area contributed by atoms with Gasteiger partial charge in [0.1, 0.15) is 6.04 Å². The molecule has 3 saturated heterocycles. The number of carbonyl (C=O) groups excluding carboxylic acids is 3. The van der Waals surface area contributed by atoms with Crippen molar-refractivity contribution in [2.24, 2.45) is 17.8 Å². The van der Waals surface area contributed by atoms with Crippen molar-refractivity contribution in [2.45, 2.75) is 60.5 Å². The predicted molar refractivity (Wildman–Crippen MR) is 150 cm³/mol. The highest BCUT2D eigenvalue weighted by Gasteiger charge is 2.76. The molecule has 7 nitrogen and oxygen atoms in total. The quantitative estimate of drug-likeness (QED) is 0.241. The zero-order valence-corrected chi connectivity index (χ0v) is 24.5. The van der Waals surface area contributed by atoms with Crippen LogP contribution in [-0.4, -0.2) is 74.5 Å². The molecule has 1 spiro atoms. The van der Waals surface area contributed by atoms with Crippen molar-refractivity contribution in [2.75, 3.05) is 24.7 Å². The van der Waals surface area contributed by atoms with Crippen molar-refractivity contribution in [3.05, 3.63) is 41.9 Å².